The molecule has 1 saturated heterocycles. The van der Waals surface area contributed by atoms with Gasteiger partial charge in [0.15, 0.2) is 5.17 Å². The number of primary amides is 1. The summed E-state index contributed by atoms with van der Waals surface area (Å²) in [5.41, 5.74) is 6.33. The van der Waals surface area contributed by atoms with E-state index in [4.69, 9.17) is 5.73 Å². The van der Waals surface area contributed by atoms with Gasteiger partial charge in [0, 0.05) is 35.3 Å². The normalized spacial score (nSPS) is 30.1. The number of rotatable bonds is 3. The minimum atomic E-state index is -1.01. The minimum Gasteiger partial charge on any atom is -0.390 e. The number of piperidine rings is 1. The third-order valence-electron chi connectivity index (χ3n) is 7.04. The zero-order chi connectivity index (χ0) is 23.1. The molecule has 2 aromatic rings. The standard InChI is InChI=1S/C24H28N4O4S/c25-22(31)14-8-10-28(11-9-14)23(32)16-12-18(29)20(30)19-21(16)33-24(27-19)26-17-7-3-5-13-4-1-2-6-15(13)17/h1-7,14,16,18-21,29-30H,8-12H2,(H2,25,31)(H,26,27)/t16-,18+,19+,20-,21+/m0/s1. The SMILES string of the molecule is NC(=O)C1CCN(C(=O)[C@H]2C[C@@H](O)[C@H](O)[C@H]3N=C(Nc4cccc5ccccc45)S[C@@H]32)CC1. The van der Waals surface area contributed by atoms with Crippen LogP contribution in [-0.4, -0.2) is 68.7 Å². The van der Waals surface area contributed by atoms with E-state index in [1.54, 1.807) is 4.90 Å². The lowest BCUT2D eigenvalue weighted by Crippen LogP contribution is -2.55. The highest BCUT2D eigenvalue weighted by atomic mass is 32.2. The van der Waals surface area contributed by atoms with E-state index in [1.807, 2.05) is 42.5 Å². The molecule has 0 bridgehead atoms. The average Bonchev–Trinajstić information content (AvgIpc) is 3.25. The number of hydrogen-bond donors (Lipinski definition) is 4. The molecule has 2 aromatic carbocycles. The largest absolute Gasteiger partial charge is 0.390 e. The number of nitrogens with zero attached hydrogens (tertiary/aromatic N) is 2. The van der Waals surface area contributed by atoms with Crippen molar-refractivity contribution in [1.29, 1.82) is 0 Å². The molecular formula is C24H28N4O4S. The van der Waals surface area contributed by atoms with Crippen LogP contribution in [0.25, 0.3) is 10.8 Å². The Balaban J connectivity index is 1.33. The van der Waals surface area contributed by atoms with Crippen molar-refractivity contribution in [2.45, 2.75) is 42.8 Å². The Morgan fingerprint density at radius 3 is 2.58 bits per heavy atom. The fourth-order valence-corrected chi connectivity index (χ4v) is 6.52. The van der Waals surface area contributed by atoms with Crippen molar-refractivity contribution >= 4 is 45.2 Å². The Bertz CT molecular complexity index is 1100. The first kappa shape index (κ1) is 22.2. The summed E-state index contributed by atoms with van der Waals surface area (Å²) in [7, 11) is 0. The fraction of sp³-hybridized carbons (Fsp3) is 0.458. The van der Waals surface area contributed by atoms with Crippen LogP contribution in [0.4, 0.5) is 5.69 Å². The third kappa shape index (κ3) is 4.20. The quantitative estimate of drug-likeness (QED) is 0.541. The number of likely N-dealkylation sites (tertiary alicyclic amines) is 1. The van der Waals surface area contributed by atoms with Crippen LogP contribution < -0.4 is 11.1 Å². The number of amides is 2. The van der Waals surface area contributed by atoms with Crippen molar-refractivity contribution in [1.82, 2.24) is 4.90 Å². The molecule has 9 heteroatoms. The summed E-state index contributed by atoms with van der Waals surface area (Å²) in [6.45, 7) is 0.956. The summed E-state index contributed by atoms with van der Waals surface area (Å²) in [6, 6.07) is 13.5. The maximum atomic E-state index is 13.4. The summed E-state index contributed by atoms with van der Waals surface area (Å²) in [6.07, 6.45) is -0.709. The summed E-state index contributed by atoms with van der Waals surface area (Å²) in [5, 5.41) is 27.0. The van der Waals surface area contributed by atoms with Crippen molar-refractivity contribution < 1.29 is 19.8 Å². The second-order valence-corrected chi connectivity index (χ2v) is 10.2. The molecule has 2 aliphatic heterocycles. The maximum Gasteiger partial charge on any atom is 0.227 e. The van der Waals surface area contributed by atoms with Crippen LogP contribution in [0.5, 0.6) is 0 Å². The summed E-state index contributed by atoms with van der Waals surface area (Å²) >= 11 is 1.46. The highest BCUT2D eigenvalue weighted by Crippen LogP contribution is 2.42. The Hall–Kier alpha value is -2.62. The van der Waals surface area contributed by atoms with E-state index in [2.05, 4.69) is 10.3 Å². The number of carbonyl (C=O) groups is 2. The number of nitrogens with one attached hydrogen (secondary N) is 1. The van der Waals surface area contributed by atoms with Gasteiger partial charge in [0.1, 0.15) is 6.10 Å². The molecule has 2 amide bonds. The Morgan fingerprint density at radius 2 is 1.82 bits per heavy atom. The van der Waals surface area contributed by atoms with Gasteiger partial charge in [0.05, 0.1) is 18.1 Å². The lowest BCUT2D eigenvalue weighted by molar-refractivity contribution is -0.142. The van der Waals surface area contributed by atoms with Crippen molar-refractivity contribution in [3.8, 4) is 0 Å². The zero-order valence-electron chi connectivity index (χ0n) is 18.1. The number of benzene rings is 2. The fourth-order valence-electron chi connectivity index (χ4n) is 5.16. The molecule has 2 heterocycles. The van der Waals surface area contributed by atoms with Gasteiger partial charge >= 0.3 is 0 Å². The van der Waals surface area contributed by atoms with Crippen molar-refractivity contribution in [3.63, 3.8) is 0 Å². The number of thioether (sulfide) groups is 1. The van der Waals surface area contributed by atoms with Crippen LogP contribution >= 0.6 is 11.8 Å². The average molecular weight is 469 g/mol. The van der Waals surface area contributed by atoms with E-state index in [0.717, 1.165) is 16.5 Å². The van der Waals surface area contributed by atoms with Gasteiger partial charge in [0.25, 0.3) is 0 Å². The van der Waals surface area contributed by atoms with Crippen LogP contribution in [0.15, 0.2) is 47.5 Å². The van der Waals surface area contributed by atoms with E-state index in [-0.39, 0.29) is 29.4 Å². The van der Waals surface area contributed by atoms with Gasteiger partial charge in [-0.3, -0.25) is 14.6 Å². The van der Waals surface area contributed by atoms with E-state index in [1.165, 1.54) is 11.8 Å². The summed E-state index contributed by atoms with van der Waals surface area (Å²) < 4.78 is 0. The van der Waals surface area contributed by atoms with Gasteiger partial charge in [-0.2, -0.15) is 0 Å². The number of nitrogens with two attached hydrogens (primary N) is 1. The number of hydrogen-bond acceptors (Lipinski definition) is 7. The highest BCUT2D eigenvalue weighted by Gasteiger charge is 2.51. The number of aliphatic hydroxyl groups excluding tert-OH is 2. The van der Waals surface area contributed by atoms with Gasteiger partial charge in [0.2, 0.25) is 11.8 Å². The van der Waals surface area contributed by atoms with Gasteiger partial charge in [-0.05, 0) is 30.7 Å². The smallest absolute Gasteiger partial charge is 0.227 e. The first-order valence-electron chi connectivity index (χ1n) is 11.4. The Morgan fingerprint density at radius 1 is 1.09 bits per heavy atom. The molecule has 0 spiro atoms. The molecule has 5 N–H and O–H groups in total. The van der Waals surface area contributed by atoms with E-state index in [0.29, 0.717) is 31.1 Å². The summed E-state index contributed by atoms with van der Waals surface area (Å²) in [5.74, 6) is -1.02. The van der Waals surface area contributed by atoms with Gasteiger partial charge in [-0.25, -0.2) is 0 Å². The number of aliphatic imine (C=N–C) groups is 1. The van der Waals surface area contributed by atoms with E-state index in [9.17, 15) is 19.8 Å². The van der Waals surface area contributed by atoms with Crippen LogP contribution in [0.2, 0.25) is 0 Å². The first-order valence-corrected chi connectivity index (χ1v) is 12.2. The van der Waals surface area contributed by atoms with Crippen molar-refractivity contribution in [3.05, 3.63) is 42.5 Å². The van der Waals surface area contributed by atoms with Gasteiger partial charge < -0.3 is 26.2 Å². The van der Waals surface area contributed by atoms with Crippen LogP contribution in [0, 0.1) is 11.8 Å². The number of carbonyl (C=O) groups excluding carboxylic acids is 2. The number of anilines is 1. The molecule has 0 radical (unpaired) electrons. The maximum absolute atomic E-state index is 13.4. The molecule has 5 rings (SSSR count). The van der Waals surface area contributed by atoms with Crippen LogP contribution in [0.1, 0.15) is 19.3 Å². The topological polar surface area (TPSA) is 128 Å². The lowest BCUT2D eigenvalue weighted by atomic mass is 9.80. The molecule has 5 atom stereocenters. The van der Waals surface area contributed by atoms with E-state index < -0.39 is 24.2 Å². The monoisotopic (exact) mass is 468 g/mol. The highest BCUT2D eigenvalue weighted by molar-refractivity contribution is 8.15. The second-order valence-electron chi connectivity index (χ2n) is 9.06. The molecule has 3 aliphatic rings. The van der Waals surface area contributed by atoms with Gasteiger partial charge in [-0.15, -0.1) is 0 Å². The molecule has 33 heavy (non-hydrogen) atoms. The molecule has 0 unspecified atom stereocenters. The molecule has 174 valence electrons. The predicted molar refractivity (Wildman–Crippen MR) is 129 cm³/mol. The van der Waals surface area contributed by atoms with Crippen molar-refractivity contribution in [2.24, 2.45) is 22.6 Å². The Labute approximate surface area is 196 Å². The summed E-state index contributed by atoms with van der Waals surface area (Å²) in [4.78, 5) is 31.3. The van der Waals surface area contributed by atoms with Crippen LogP contribution in [-0.2, 0) is 9.59 Å². The predicted octanol–water partition coefficient (Wildman–Crippen LogP) is 1.56. The molecule has 2 fully saturated rings. The zero-order valence-corrected chi connectivity index (χ0v) is 18.9. The molecule has 8 nitrogen and oxygen atoms in total. The van der Waals surface area contributed by atoms with Gasteiger partial charge in [-0.1, -0.05) is 48.2 Å². The van der Waals surface area contributed by atoms with Crippen LogP contribution in [0.3, 0.4) is 0 Å². The Kier molecular flexibility index (Phi) is 6.03. The number of fused-ring (bicyclic) bond motifs is 2. The minimum absolute atomic E-state index is 0.0482. The number of amidine groups is 1. The molecule has 0 aromatic heterocycles. The lowest BCUT2D eigenvalue weighted by Gasteiger charge is -2.40. The first-order chi connectivity index (χ1) is 15.9. The molecular weight excluding hydrogens is 440 g/mol. The number of aliphatic hydroxyl groups is 2. The third-order valence-corrected chi connectivity index (χ3v) is 8.35. The van der Waals surface area contributed by atoms with E-state index >= 15 is 0 Å². The van der Waals surface area contributed by atoms with Crippen molar-refractivity contribution in [2.75, 3.05) is 18.4 Å². The second kappa shape index (κ2) is 8.96. The molecule has 1 saturated carbocycles. The molecule has 1 aliphatic carbocycles.